The van der Waals surface area contributed by atoms with Gasteiger partial charge in [0, 0.05) is 23.3 Å². The van der Waals surface area contributed by atoms with Gasteiger partial charge in [0.05, 0.1) is 0 Å². The van der Waals surface area contributed by atoms with Crippen molar-refractivity contribution < 1.29 is 13.9 Å². The number of halogens is 2. The van der Waals surface area contributed by atoms with Crippen LogP contribution >= 0.6 is 11.6 Å². The van der Waals surface area contributed by atoms with Gasteiger partial charge in [0.25, 0.3) is 5.91 Å². The average Bonchev–Trinajstić information content (AvgIpc) is 2.44. The molecular formula is C15H14ClFN2O2. The van der Waals surface area contributed by atoms with E-state index < -0.39 is 5.82 Å². The largest absolute Gasteiger partial charge is 0.484 e. The summed E-state index contributed by atoms with van der Waals surface area (Å²) in [6.45, 7) is -0.0389. The Morgan fingerprint density at radius 2 is 2.10 bits per heavy atom. The number of rotatable bonds is 5. The van der Waals surface area contributed by atoms with Crippen molar-refractivity contribution in [2.75, 3.05) is 11.9 Å². The summed E-state index contributed by atoms with van der Waals surface area (Å²) in [5, 5.41) is 3.15. The molecule has 0 heterocycles. The molecule has 0 spiro atoms. The van der Waals surface area contributed by atoms with E-state index in [0.29, 0.717) is 16.3 Å². The summed E-state index contributed by atoms with van der Waals surface area (Å²) >= 11 is 5.82. The highest BCUT2D eigenvalue weighted by Gasteiger charge is 2.06. The van der Waals surface area contributed by atoms with Crippen molar-refractivity contribution in [1.29, 1.82) is 0 Å². The number of hydrogen-bond donors (Lipinski definition) is 2. The molecule has 0 atom stereocenters. The summed E-state index contributed by atoms with van der Waals surface area (Å²) in [6.07, 6.45) is 0. The molecule has 4 nitrogen and oxygen atoms in total. The molecule has 1 amide bonds. The van der Waals surface area contributed by atoms with Crippen LogP contribution in [0.15, 0.2) is 42.5 Å². The molecule has 2 aromatic carbocycles. The molecule has 0 aliphatic rings. The van der Waals surface area contributed by atoms with Gasteiger partial charge in [0.15, 0.2) is 6.61 Å². The van der Waals surface area contributed by atoms with Crippen molar-refractivity contribution in [3.05, 3.63) is 58.9 Å². The minimum absolute atomic E-state index is 0.197. The normalized spacial score (nSPS) is 10.2. The highest BCUT2D eigenvalue weighted by Crippen LogP contribution is 2.17. The van der Waals surface area contributed by atoms with E-state index in [0.717, 1.165) is 0 Å². The number of benzene rings is 2. The summed E-state index contributed by atoms with van der Waals surface area (Å²) in [5.74, 6) is -0.560. The lowest BCUT2D eigenvalue weighted by atomic mass is 10.2. The third kappa shape index (κ3) is 4.73. The first kappa shape index (κ1) is 15.3. The standard InChI is InChI=1S/C15H14ClFN2O2/c16-11-2-1-3-13(6-11)19-15(20)9-21-14-5-10(8-18)4-12(17)7-14/h1-7H,8-9,18H2,(H,19,20). The van der Waals surface area contributed by atoms with Crippen molar-refractivity contribution >= 4 is 23.2 Å². The highest BCUT2D eigenvalue weighted by atomic mass is 35.5. The summed E-state index contributed by atoms with van der Waals surface area (Å²) in [6, 6.07) is 10.9. The van der Waals surface area contributed by atoms with Crippen LogP contribution in [0, 0.1) is 5.82 Å². The lowest BCUT2D eigenvalue weighted by molar-refractivity contribution is -0.118. The maximum Gasteiger partial charge on any atom is 0.262 e. The van der Waals surface area contributed by atoms with Gasteiger partial charge in [-0.05, 0) is 35.9 Å². The fourth-order valence-electron chi connectivity index (χ4n) is 1.73. The van der Waals surface area contributed by atoms with Gasteiger partial charge in [0.1, 0.15) is 11.6 Å². The SMILES string of the molecule is NCc1cc(F)cc(OCC(=O)Nc2cccc(Cl)c2)c1. The quantitative estimate of drug-likeness (QED) is 0.892. The van der Waals surface area contributed by atoms with E-state index in [1.54, 1.807) is 30.3 Å². The van der Waals surface area contributed by atoms with Gasteiger partial charge in [0.2, 0.25) is 0 Å². The number of nitrogens with two attached hydrogens (primary N) is 1. The van der Waals surface area contributed by atoms with E-state index in [9.17, 15) is 9.18 Å². The topological polar surface area (TPSA) is 64.3 Å². The molecule has 0 radical (unpaired) electrons. The number of ether oxygens (including phenoxy) is 1. The van der Waals surface area contributed by atoms with Gasteiger partial charge in [-0.3, -0.25) is 4.79 Å². The fourth-order valence-corrected chi connectivity index (χ4v) is 1.92. The summed E-state index contributed by atoms with van der Waals surface area (Å²) in [5.41, 5.74) is 6.61. The molecule has 0 saturated heterocycles. The molecule has 2 rings (SSSR count). The van der Waals surface area contributed by atoms with E-state index >= 15 is 0 Å². The zero-order valence-corrected chi connectivity index (χ0v) is 11.9. The first-order valence-electron chi connectivity index (χ1n) is 6.24. The molecule has 0 unspecified atom stereocenters. The molecule has 0 bridgehead atoms. The zero-order valence-electron chi connectivity index (χ0n) is 11.1. The molecule has 2 aromatic rings. The Bertz CT molecular complexity index is 649. The molecule has 0 aromatic heterocycles. The number of amides is 1. The fraction of sp³-hybridized carbons (Fsp3) is 0.133. The average molecular weight is 309 g/mol. The van der Waals surface area contributed by atoms with Crippen LogP contribution in [0.3, 0.4) is 0 Å². The molecular weight excluding hydrogens is 295 g/mol. The van der Waals surface area contributed by atoms with Gasteiger partial charge >= 0.3 is 0 Å². The third-order valence-corrected chi connectivity index (χ3v) is 2.88. The minimum atomic E-state index is -0.455. The first-order chi connectivity index (χ1) is 10.1. The number of carbonyl (C=O) groups excluding carboxylic acids is 1. The predicted molar refractivity (Wildman–Crippen MR) is 79.9 cm³/mol. The lowest BCUT2D eigenvalue weighted by Crippen LogP contribution is -2.20. The molecule has 0 aliphatic heterocycles. The van der Waals surface area contributed by atoms with E-state index in [1.165, 1.54) is 12.1 Å². The number of carbonyl (C=O) groups is 1. The van der Waals surface area contributed by atoms with Crippen LogP contribution in [-0.4, -0.2) is 12.5 Å². The Morgan fingerprint density at radius 1 is 1.29 bits per heavy atom. The van der Waals surface area contributed by atoms with Gasteiger partial charge in [-0.15, -0.1) is 0 Å². The van der Waals surface area contributed by atoms with E-state index in [-0.39, 0.29) is 24.8 Å². The third-order valence-electron chi connectivity index (χ3n) is 2.65. The second kappa shape index (κ2) is 7.06. The summed E-state index contributed by atoms with van der Waals surface area (Å²) < 4.78 is 18.5. The Hall–Kier alpha value is -2.11. The maximum absolute atomic E-state index is 13.3. The number of anilines is 1. The van der Waals surface area contributed by atoms with Crippen LogP contribution in [0.1, 0.15) is 5.56 Å². The smallest absolute Gasteiger partial charge is 0.262 e. The van der Waals surface area contributed by atoms with Crippen LogP contribution < -0.4 is 15.8 Å². The van der Waals surface area contributed by atoms with Crippen molar-refractivity contribution in [2.24, 2.45) is 5.73 Å². The number of hydrogen-bond acceptors (Lipinski definition) is 3. The highest BCUT2D eigenvalue weighted by molar-refractivity contribution is 6.30. The molecule has 0 fully saturated rings. The molecule has 0 aliphatic carbocycles. The van der Waals surface area contributed by atoms with E-state index in [2.05, 4.69) is 5.32 Å². The first-order valence-corrected chi connectivity index (χ1v) is 6.62. The molecule has 110 valence electrons. The van der Waals surface area contributed by atoms with Crippen LogP contribution in [0.4, 0.5) is 10.1 Å². The van der Waals surface area contributed by atoms with Crippen molar-refractivity contribution in [2.45, 2.75) is 6.54 Å². The Morgan fingerprint density at radius 3 is 2.81 bits per heavy atom. The Labute approximate surface area is 126 Å². The molecule has 3 N–H and O–H groups in total. The zero-order chi connectivity index (χ0) is 15.2. The second-order valence-corrected chi connectivity index (χ2v) is 4.78. The van der Waals surface area contributed by atoms with Crippen LogP contribution in [0.25, 0.3) is 0 Å². The van der Waals surface area contributed by atoms with Crippen molar-refractivity contribution in [3.8, 4) is 5.75 Å². The van der Waals surface area contributed by atoms with Gasteiger partial charge in [-0.2, -0.15) is 0 Å². The number of nitrogens with one attached hydrogen (secondary N) is 1. The summed E-state index contributed by atoms with van der Waals surface area (Å²) in [7, 11) is 0. The van der Waals surface area contributed by atoms with Crippen LogP contribution in [0.5, 0.6) is 5.75 Å². The van der Waals surface area contributed by atoms with Crippen molar-refractivity contribution in [1.82, 2.24) is 0 Å². The lowest BCUT2D eigenvalue weighted by Gasteiger charge is -2.09. The second-order valence-electron chi connectivity index (χ2n) is 4.35. The Kier molecular flexibility index (Phi) is 5.14. The molecule has 6 heteroatoms. The van der Waals surface area contributed by atoms with Gasteiger partial charge in [-0.25, -0.2) is 4.39 Å². The van der Waals surface area contributed by atoms with Crippen molar-refractivity contribution in [3.63, 3.8) is 0 Å². The van der Waals surface area contributed by atoms with E-state index in [4.69, 9.17) is 22.1 Å². The van der Waals surface area contributed by atoms with Gasteiger partial charge in [-0.1, -0.05) is 17.7 Å². The van der Waals surface area contributed by atoms with E-state index in [1.807, 2.05) is 0 Å². The van der Waals surface area contributed by atoms with Crippen LogP contribution in [0.2, 0.25) is 5.02 Å². The monoisotopic (exact) mass is 308 g/mol. The predicted octanol–water partition coefficient (Wildman–Crippen LogP) is 2.96. The molecule has 21 heavy (non-hydrogen) atoms. The summed E-state index contributed by atoms with van der Waals surface area (Å²) in [4.78, 5) is 11.7. The van der Waals surface area contributed by atoms with Gasteiger partial charge < -0.3 is 15.8 Å². The minimum Gasteiger partial charge on any atom is -0.484 e. The molecule has 0 saturated carbocycles. The Balaban J connectivity index is 1.93. The van der Waals surface area contributed by atoms with Crippen LogP contribution in [-0.2, 0) is 11.3 Å². The maximum atomic E-state index is 13.3.